The van der Waals surface area contributed by atoms with Crippen LogP contribution in [-0.4, -0.2) is 52.5 Å². The number of hydrogen-bond acceptors (Lipinski definition) is 4. The van der Waals surface area contributed by atoms with Crippen LogP contribution in [0.5, 0.6) is 0 Å². The van der Waals surface area contributed by atoms with Crippen LogP contribution in [0.3, 0.4) is 0 Å². The van der Waals surface area contributed by atoms with Gasteiger partial charge in [0.1, 0.15) is 18.1 Å². The molecule has 0 aromatic rings. The van der Waals surface area contributed by atoms with Crippen molar-refractivity contribution in [2.75, 3.05) is 6.54 Å². The van der Waals surface area contributed by atoms with Crippen LogP contribution in [0.2, 0.25) is 0 Å². The number of fused-ring (bicyclic) bond motifs is 1. The molecule has 0 bridgehead atoms. The van der Waals surface area contributed by atoms with Crippen LogP contribution in [0.25, 0.3) is 0 Å². The highest BCUT2D eigenvalue weighted by molar-refractivity contribution is 5.96. The average Bonchev–Trinajstić information content (AvgIpc) is 2.64. The molecule has 0 aromatic carbocycles. The number of aliphatic carboxylic acids is 1. The molecule has 16 heavy (non-hydrogen) atoms. The monoisotopic (exact) mass is 227 g/mol. The Balaban J connectivity index is 2.32. The topological polar surface area (TPSA) is 113 Å². The van der Waals surface area contributed by atoms with Gasteiger partial charge in [0.05, 0.1) is 0 Å². The molecule has 2 fully saturated rings. The van der Waals surface area contributed by atoms with E-state index in [0.717, 1.165) is 4.90 Å². The normalized spacial score (nSPS) is 34.3. The van der Waals surface area contributed by atoms with Gasteiger partial charge in [-0.1, -0.05) is 0 Å². The number of carbonyl (C=O) groups excluding carboxylic acids is 2. The largest absolute Gasteiger partial charge is 0.480 e. The smallest absolute Gasteiger partial charge is 0.326 e. The zero-order valence-corrected chi connectivity index (χ0v) is 8.55. The Morgan fingerprint density at radius 3 is 2.75 bits per heavy atom. The predicted octanol–water partition coefficient (Wildman–Crippen LogP) is -2.11. The minimum absolute atomic E-state index is 0.0665. The Kier molecular flexibility index (Phi) is 2.55. The van der Waals surface area contributed by atoms with Gasteiger partial charge in [-0.05, 0) is 12.8 Å². The van der Waals surface area contributed by atoms with Gasteiger partial charge < -0.3 is 21.1 Å². The zero-order valence-electron chi connectivity index (χ0n) is 8.55. The zero-order chi connectivity index (χ0) is 11.9. The SMILES string of the molecule is N[C@H]1CNC(=O)[C@H]2CC[C@@H](C(=O)O)N2C1=O. The molecule has 7 heteroatoms. The summed E-state index contributed by atoms with van der Waals surface area (Å²) in [6.07, 6.45) is 0.674. The van der Waals surface area contributed by atoms with Crippen molar-refractivity contribution in [2.45, 2.75) is 31.0 Å². The second kappa shape index (κ2) is 3.75. The van der Waals surface area contributed by atoms with Gasteiger partial charge in [-0.25, -0.2) is 4.79 Å². The first kappa shape index (κ1) is 10.9. The first-order valence-corrected chi connectivity index (χ1v) is 5.10. The molecule has 2 amide bonds. The molecule has 2 rings (SSSR count). The highest BCUT2D eigenvalue weighted by Gasteiger charge is 2.47. The van der Waals surface area contributed by atoms with Crippen molar-refractivity contribution in [3.05, 3.63) is 0 Å². The molecule has 0 spiro atoms. The van der Waals surface area contributed by atoms with Crippen LogP contribution in [0, 0.1) is 0 Å². The molecule has 4 N–H and O–H groups in total. The first-order chi connectivity index (χ1) is 7.52. The minimum atomic E-state index is -1.09. The fourth-order valence-corrected chi connectivity index (χ4v) is 2.23. The van der Waals surface area contributed by atoms with Crippen LogP contribution in [0.15, 0.2) is 0 Å². The lowest BCUT2D eigenvalue weighted by Gasteiger charge is -2.25. The van der Waals surface area contributed by atoms with E-state index in [9.17, 15) is 14.4 Å². The Morgan fingerprint density at radius 2 is 2.12 bits per heavy atom. The summed E-state index contributed by atoms with van der Waals surface area (Å²) in [5.74, 6) is -1.86. The Hall–Kier alpha value is -1.63. The van der Waals surface area contributed by atoms with E-state index in [2.05, 4.69) is 5.32 Å². The number of carboxylic acid groups (broad SMARTS) is 1. The van der Waals surface area contributed by atoms with Gasteiger partial charge in [-0.15, -0.1) is 0 Å². The summed E-state index contributed by atoms with van der Waals surface area (Å²) in [5.41, 5.74) is 5.56. The molecule has 3 atom stereocenters. The summed E-state index contributed by atoms with van der Waals surface area (Å²) in [6, 6.07) is -2.46. The molecule has 0 unspecified atom stereocenters. The van der Waals surface area contributed by atoms with Crippen molar-refractivity contribution in [3.8, 4) is 0 Å². The Bertz CT molecular complexity index is 357. The summed E-state index contributed by atoms with van der Waals surface area (Å²) < 4.78 is 0. The second-order valence-electron chi connectivity index (χ2n) is 4.04. The maximum atomic E-state index is 11.8. The molecule has 2 heterocycles. The Morgan fingerprint density at radius 1 is 1.44 bits per heavy atom. The molecule has 88 valence electrons. The number of nitrogens with one attached hydrogen (secondary N) is 1. The van der Waals surface area contributed by atoms with E-state index in [4.69, 9.17) is 10.8 Å². The number of carboxylic acids is 1. The highest BCUT2D eigenvalue weighted by Crippen LogP contribution is 2.26. The molecule has 2 aliphatic rings. The van der Waals surface area contributed by atoms with E-state index < -0.39 is 30.0 Å². The van der Waals surface area contributed by atoms with Gasteiger partial charge in [0.25, 0.3) is 0 Å². The highest BCUT2D eigenvalue weighted by atomic mass is 16.4. The van der Waals surface area contributed by atoms with Crippen molar-refractivity contribution < 1.29 is 19.5 Å². The van der Waals surface area contributed by atoms with Crippen molar-refractivity contribution >= 4 is 17.8 Å². The number of nitrogens with zero attached hydrogens (tertiary/aromatic N) is 1. The van der Waals surface area contributed by atoms with Gasteiger partial charge in [-0.2, -0.15) is 0 Å². The predicted molar refractivity (Wildman–Crippen MR) is 52.3 cm³/mol. The van der Waals surface area contributed by atoms with E-state index in [1.807, 2.05) is 0 Å². The van der Waals surface area contributed by atoms with Gasteiger partial charge in [0, 0.05) is 6.54 Å². The van der Waals surface area contributed by atoms with E-state index >= 15 is 0 Å². The third-order valence-corrected chi connectivity index (χ3v) is 3.04. The molecular formula is C9H13N3O4. The summed E-state index contributed by atoms with van der Waals surface area (Å²) in [4.78, 5) is 35.5. The van der Waals surface area contributed by atoms with Gasteiger partial charge in [0.15, 0.2) is 0 Å². The van der Waals surface area contributed by atoms with Crippen LogP contribution in [-0.2, 0) is 14.4 Å². The lowest BCUT2D eigenvalue weighted by atomic mass is 10.2. The number of rotatable bonds is 1. The number of nitrogens with two attached hydrogens (primary N) is 1. The summed E-state index contributed by atoms with van der Waals surface area (Å²) in [7, 11) is 0. The maximum Gasteiger partial charge on any atom is 0.326 e. The van der Waals surface area contributed by atoms with E-state index in [-0.39, 0.29) is 12.5 Å². The van der Waals surface area contributed by atoms with Crippen molar-refractivity contribution in [3.63, 3.8) is 0 Å². The van der Waals surface area contributed by atoms with Crippen LogP contribution < -0.4 is 11.1 Å². The van der Waals surface area contributed by atoms with Crippen molar-refractivity contribution in [1.29, 1.82) is 0 Å². The standard InChI is InChI=1S/C9H13N3O4/c10-4-3-11-7(13)5-1-2-6(9(15)16)12(5)8(4)14/h4-6H,1-3,10H2,(H,11,13)(H,15,16)/t4-,5+,6-/m0/s1. The molecule has 0 radical (unpaired) electrons. The van der Waals surface area contributed by atoms with Crippen LogP contribution in [0.1, 0.15) is 12.8 Å². The molecule has 0 aromatic heterocycles. The molecule has 2 aliphatic heterocycles. The van der Waals surface area contributed by atoms with Gasteiger partial charge in [0.2, 0.25) is 11.8 Å². The lowest BCUT2D eigenvalue weighted by molar-refractivity contribution is -0.150. The summed E-state index contributed by atoms with van der Waals surface area (Å²) in [5, 5.41) is 11.5. The third kappa shape index (κ3) is 1.53. The fourth-order valence-electron chi connectivity index (χ4n) is 2.23. The number of hydrogen-bond donors (Lipinski definition) is 3. The third-order valence-electron chi connectivity index (χ3n) is 3.04. The van der Waals surface area contributed by atoms with E-state index in [1.165, 1.54) is 0 Å². The van der Waals surface area contributed by atoms with E-state index in [1.54, 1.807) is 0 Å². The maximum absolute atomic E-state index is 11.8. The second-order valence-corrected chi connectivity index (χ2v) is 4.04. The lowest BCUT2D eigenvalue weighted by Crippen LogP contribution is -2.51. The molecule has 7 nitrogen and oxygen atoms in total. The van der Waals surface area contributed by atoms with Gasteiger partial charge in [-0.3, -0.25) is 9.59 Å². The van der Waals surface area contributed by atoms with Crippen LogP contribution in [0.4, 0.5) is 0 Å². The molecular weight excluding hydrogens is 214 g/mol. The van der Waals surface area contributed by atoms with E-state index in [0.29, 0.717) is 12.8 Å². The van der Waals surface area contributed by atoms with Crippen LogP contribution >= 0.6 is 0 Å². The first-order valence-electron chi connectivity index (χ1n) is 5.10. The summed E-state index contributed by atoms with van der Waals surface area (Å²) >= 11 is 0. The minimum Gasteiger partial charge on any atom is -0.480 e. The van der Waals surface area contributed by atoms with Gasteiger partial charge >= 0.3 is 5.97 Å². The van der Waals surface area contributed by atoms with Crippen molar-refractivity contribution in [1.82, 2.24) is 10.2 Å². The molecule has 0 aliphatic carbocycles. The quantitative estimate of drug-likeness (QED) is 0.474. The average molecular weight is 227 g/mol. The fraction of sp³-hybridized carbons (Fsp3) is 0.667. The molecule has 2 saturated heterocycles. The summed E-state index contributed by atoms with van der Waals surface area (Å²) in [6.45, 7) is 0.0665. The number of amides is 2. The molecule has 0 saturated carbocycles. The number of carbonyl (C=O) groups is 3. The van der Waals surface area contributed by atoms with Crippen molar-refractivity contribution in [2.24, 2.45) is 5.73 Å². The Labute approximate surface area is 91.6 Å².